The SMILES string of the molecule is CN[C@@](C)(CCc1ccccc1)C(C)=O. The Morgan fingerprint density at radius 1 is 1.33 bits per heavy atom. The minimum atomic E-state index is -0.393. The van der Waals surface area contributed by atoms with Gasteiger partial charge in [0.1, 0.15) is 5.78 Å². The summed E-state index contributed by atoms with van der Waals surface area (Å²) < 4.78 is 0. The van der Waals surface area contributed by atoms with E-state index in [0.717, 1.165) is 12.8 Å². The van der Waals surface area contributed by atoms with Crippen LogP contribution in [-0.2, 0) is 11.2 Å². The predicted molar refractivity (Wildman–Crippen MR) is 62.9 cm³/mol. The van der Waals surface area contributed by atoms with Crippen LogP contribution in [0.25, 0.3) is 0 Å². The Kier molecular flexibility index (Phi) is 4.04. The average molecular weight is 205 g/mol. The quantitative estimate of drug-likeness (QED) is 0.798. The smallest absolute Gasteiger partial charge is 0.149 e. The van der Waals surface area contributed by atoms with Crippen LogP contribution in [0.1, 0.15) is 25.8 Å². The summed E-state index contributed by atoms with van der Waals surface area (Å²) in [5, 5.41) is 3.10. The van der Waals surface area contributed by atoms with E-state index in [4.69, 9.17) is 0 Å². The third-order valence-electron chi connectivity index (χ3n) is 3.09. The number of benzene rings is 1. The molecule has 0 saturated carbocycles. The molecule has 0 aliphatic heterocycles. The van der Waals surface area contributed by atoms with Gasteiger partial charge in [-0.2, -0.15) is 0 Å². The molecule has 1 N–H and O–H groups in total. The van der Waals surface area contributed by atoms with E-state index in [-0.39, 0.29) is 5.78 Å². The molecule has 0 radical (unpaired) electrons. The fourth-order valence-corrected chi connectivity index (χ4v) is 1.52. The van der Waals surface area contributed by atoms with E-state index in [1.165, 1.54) is 5.56 Å². The molecule has 0 aliphatic carbocycles. The van der Waals surface area contributed by atoms with Crippen molar-refractivity contribution in [2.75, 3.05) is 7.05 Å². The number of ketones is 1. The van der Waals surface area contributed by atoms with Crippen molar-refractivity contribution >= 4 is 5.78 Å². The molecule has 0 amide bonds. The second-order valence-corrected chi connectivity index (χ2v) is 4.12. The molecule has 1 aromatic carbocycles. The molecule has 0 spiro atoms. The number of nitrogens with one attached hydrogen (secondary N) is 1. The van der Waals surface area contributed by atoms with Gasteiger partial charge in [-0.3, -0.25) is 4.79 Å². The van der Waals surface area contributed by atoms with E-state index in [9.17, 15) is 4.79 Å². The standard InChI is InChI=1S/C13H19NO/c1-11(15)13(2,14-3)10-9-12-7-5-4-6-8-12/h4-8,14H,9-10H2,1-3H3/t13-/m0/s1. The first kappa shape index (κ1) is 11.9. The molecule has 0 saturated heterocycles. The minimum absolute atomic E-state index is 0.195. The Morgan fingerprint density at radius 3 is 2.40 bits per heavy atom. The minimum Gasteiger partial charge on any atom is -0.308 e. The first-order valence-corrected chi connectivity index (χ1v) is 5.32. The topological polar surface area (TPSA) is 29.1 Å². The maximum absolute atomic E-state index is 11.5. The first-order chi connectivity index (χ1) is 7.08. The van der Waals surface area contributed by atoms with Crippen molar-refractivity contribution in [3.63, 3.8) is 0 Å². The van der Waals surface area contributed by atoms with Crippen molar-refractivity contribution < 1.29 is 4.79 Å². The number of likely N-dealkylation sites (N-methyl/N-ethyl adjacent to an activating group) is 1. The zero-order valence-corrected chi connectivity index (χ0v) is 9.71. The van der Waals surface area contributed by atoms with Gasteiger partial charge in [0.05, 0.1) is 5.54 Å². The zero-order chi connectivity index (χ0) is 11.3. The summed E-state index contributed by atoms with van der Waals surface area (Å²) in [6.07, 6.45) is 1.76. The summed E-state index contributed by atoms with van der Waals surface area (Å²) in [6, 6.07) is 10.2. The lowest BCUT2D eigenvalue weighted by atomic mass is 9.90. The Hall–Kier alpha value is -1.15. The molecule has 0 bridgehead atoms. The Balaban J connectivity index is 2.59. The summed E-state index contributed by atoms with van der Waals surface area (Å²) in [5.41, 5.74) is 0.885. The highest BCUT2D eigenvalue weighted by molar-refractivity contribution is 5.85. The molecule has 2 heteroatoms. The summed E-state index contributed by atoms with van der Waals surface area (Å²) in [4.78, 5) is 11.5. The average Bonchev–Trinajstić information content (AvgIpc) is 2.27. The Morgan fingerprint density at radius 2 is 1.93 bits per heavy atom. The molecule has 1 rings (SSSR count). The van der Waals surface area contributed by atoms with Gasteiger partial charge in [0.2, 0.25) is 0 Å². The van der Waals surface area contributed by atoms with E-state index in [1.54, 1.807) is 6.92 Å². The lowest BCUT2D eigenvalue weighted by molar-refractivity contribution is -0.122. The van der Waals surface area contributed by atoms with Crippen molar-refractivity contribution in [1.29, 1.82) is 0 Å². The van der Waals surface area contributed by atoms with E-state index in [1.807, 2.05) is 32.2 Å². The van der Waals surface area contributed by atoms with Crippen LogP contribution in [-0.4, -0.2) is 18.4 Å². The number of carbonyl (C=O) groups excluding carboxylic acids is 1. The third kappa shape index (κ3) is 3.17. The normalized spacial score (nSPS) is 14.6. The molecule has 0 heterocycles. The van der Waals surface area contributed by atoms with Crippen LogP contribution in [0.5, 0.6) is 0 Å². The second kappa shape index (κ2) is 5.08. The van der Waals surface area contributed by atoms with Gasteiger partial charge in [0.25, 0.3) is 0 Å². The molecule has 82 valence electrons. The number of hydrogen-bond acceptors (Lipinski definition) is 2. The van der Waals surface area contributed by atoms with Gasteiger partial charge in [-0.1, -0.05) is 30.3 Å². The van der Waals surface area contributed by atoms with Gasteiger partial charge in [0, 0.05) is 0 Å². The number of rotatable bonds is 5. The van der Waals surface area contributed by atoms with Crippen molar-refractivity contribution in [2.45, 2.75) is 32.2 Å². The van der Waals surface area contributed by atoms with E-state index in [2.05, 4.69) is 17.4 Å². The van der Waals surface area contributed by atoms with Gasteiger partial charge in [-0.05, 0) is 39.3 Å². The summed E-state index contributed by atoms with van der Waals surface area (Å²) in [6.45, 7) is 3.60. The molecule has 0 aromatic heterocycles. The summed E-state index contributed by atoms with van der Waals surface area (Å²) in [7, 11) is 1.84. The summed E-state index contributed by atoms with van der Waals surface area (Å²) in [5.74, 6) is 0.195. The Labute approximate surface area is 91.7 Å². The largest absolute Gasteiger partial charge is 0.308 e. The molecular weight excluding hydrogens is 186 g/mol. The molecule has 0 fully saturated rings. The van der Waals surface area contributed by atoms with Crippen LogP contribution in [0.15, 0.2) is 30.3 Å². The highest BCUT2D eigenvalue weighted by Crippen LogP contribution is 2.14. The predicted octanol–water partition coefficient (Wildman–Crippen LogP) is 2.19. The first-order valence-electron chi connectivity index (χ1n) is 5.32. The number of hydrogen-bond donors (Lipinski definition) is 1. The maximum atomic E-state index is 11.5. The van der Waals surface area contributed by atoms with Crippen molar-refractivity contribution in [2.24, 2.45) is 0 Å². The van der Waals surface area contributed by atoms with E-state index >= 15 is 0 Å². The fraction of sp³-hybridized carbons (Fsp3) is 0.462. The van der Waals surface area contributed by atoms with Gasteiger partial charge >= 0.3 is 0 Å². The zero-order valence-electron chi connectivity index (χ0n) is 9.71. The molecule has 1 aromatic rings. The van der Waals surface area contributed by atoms with Crippen molar-refractivity contribution in [3.8, 4) is 0 Å². The van der Waals surface area contributed by atoms with Crippen molar-refractivity contribution in [1.82, 2.24) is 5.32 Å². The third-order valence-corrected chi connectivity index (χ3v) is 3.09. The number of aryl methyl sites for hydroxylation is 1. The van der Waals surface area contributed by atoms with Crippen LogP contribution in [0.4, 0.5) is 0 Å². The van der Waals surface area contributed by atoms with Crippen molar-refractivity contribution in [3.05, 3.63) is 35.9 Å². The van der Waals surface area contributed by atoms with Gasteiger partial charge in [0.15, 0.2) is 0 Å². The van der Waals surface area contributed by atoms with Crippen LogP contribution < -0.4 is 5.32 Å². The number of Topliss-reactive ketones (excluding diaryl/α,β-unsaturated/α-hetero) is 1. The van der Waals surface area contributed by atoms with E-state index in [0.29, 0.717) is 0 Å². The Bertz CT molecular complexity index is 321. The lowest BCUT2D eigenvalue weighted by Gasteiger charge is -2.26. The molecule has 0 unspecified atom stereocenters. The van der Waals surface area contributed by atoms with Gasteiger partial charge in [-0.15, -0.1) is 0 Å². The van der Waals surface area contributed by atoms with Gasteiger partial charge in [-0.25, -0.2) is 0 Å². The maximum Gasteiger partial charge on any atom is 0.149 e. The van der Waals surface area contributed by atoms with E-state index < -0.39 is 5.54 Å². The lowest BCUT2D eigenvalue weighted by Crippen LogP contribution is -2.46. The van der Waals surface area contributed by atoms with Crippen LogP contribution in [0.3, 0.4) is 0 Å². The monoisotopic (exact) mass is 205 g/mol. The highest BCUT2D eigenvalue weighted by atomic mass is 16.1. The highest BCUT2D eigenvalue weighted by Gasteiger charge is 2.26. The summed E-state index contributed by atoms with van der Waals surface area (Å²) >= 11 is 0. The molecule has 2 nitrogen and oxygen atoms in total. The van der Waals surface area contributed by atoms with Crippen LogP contribution >= 0.6 is 0 Å². The molecule has 1 atom stereocenters. The molecular formula is C13H19NO. The number of carbonyl (C=O) groups is 1. The molecule has 15 heavy (non-hydrogen) atoms. The molecule has 0 aliphatic rings. The van der Waals surface area contributed by atoms with Crippen LogP contribution in [0, 0.1) is 0 Å². The second-order valence-electron chi connectivity index (χ2n) is 4.12. The fourth-order valence-electron chi connectivity index (χ4n) is 1.52. The van der Waals surface area contributed by atoms with Gasteiger partial charge < -0.3 is 5.32 Å². The van der Waals surface area contributed by atoms with Crippen LogP contribution in [0.2, 0.25) is 0 Å².